The van der Waals surface area contributed by atoms with E-state index in [0.29, 0.717) is 6.07 Å². The molecule has 0 radical (unpaired) electrons. The molecule has 2 N–H and O–H groups in total. The zero-order chi connectivity index (χ0) is 10.9. The van der Waals surface area contributed by atoms with E-state index in [2.05, 4.69) is 4.98 Å². The van der Waals surface area contributed by atoms with Gasteiger partial charge in [-0.15, -0.1) is 0 Å². The molecule has 14 heavy (non-hydrogen) atoms. The van der Waals surface area contributed by atoms with Gasteiger partial charge < -0.3 is 5.73 Å². The maximum Gasteiger partial charge on any atom is 0.417 e. The molecule has 0 fully saturated rings. The first kappa shape index (κ1) is 10.8. The van der Waals surface area contributed by atoms with Crippen molar-refractivity contribution in [2.75, 3.05) is 0 Å². The second-order valence-corrected chi connectivity index (χ2v) is 2.74. The van der Waals surface area contributed by atoms with Gasteiger partial charge in [0, 0.05) is 6.20 Å². The van der Waals surface area contributed by atoms with E-state index in [9.17, 15) is 18.0 Å². The van der Waals surface area contributed by atoms with Gasteiger partial charge in [-0.25, -0.2) is 4.98 Å². The summed E-state index contributed by atoms with van der Waals surface area (Å²) in [5, 5.41) is -0.549. The fourth-order valence-electron chi connectivity index (χ4n) is 0.907. The van der Waals surface area contributed by atoms with Gasteiger partial charge in [0.25, 0.3) is 5.91 Å². The molecule has 0 aliphatic rings. The lowest BCUT2D eigenvalue weighted by atomic mass is 10.1. The number of carbonyl (C=O) groups is 1. The van der Waals surface area contributed by atoms with Crippen LogP contribution in [0.15, 0.2) is 12.3 Å². The molecule has 1 aromatic rings. The molecular formula is C7H4ClF3N2O. The van der Waals surface area contributed by atoms with E-state index in [1.807, 2.05) is 0 Å². The number of amides is 1. The van der Waals surface area contributed by atoms with Gasteiger partial charge in [0.1, 0.15) is 5.15 Å². The number of rotatable bonds is 1. The number of hydrogen-bond acceptors (Lipinski definition) is 2. The van der Waals surface area contributed by atoms with Gasteiger partial charge in [-0.2, -0.15) is 13.2 Å². The number of nitrogens with two attached hydrogens (primary N) is 1. The molecule has 0 aromatic carbocycles. The van der Waals surface area contributed by atoms with Crippen LogP contribution in [0.2, 0.25) is 5.15 Å². The fraction of sp³-hybridized carbons (Fsp3) is 0.143. The molecule has 1 amide bonds. The van der Waals surface area contributed by atoms with E-state index in [0.717, 1.165) is 6.20 Å². The Balaban J connectivity index is 3.44. The number of alkyl halides is 3. The summed E-state index contributed by atoms with van der Waals surface area (Å²) in [6.45, 7) is 0. The Morgan fingerprint density at radius 2 is 2.07 bits per heavy atom. The topological polar surface area (TPSA) is 56.0 Å². The highest BCUT2D eigenvalue weighted by molar-refractivity contribution is 6.32. The molecule has 0 aliphatic heterocycles. The number of primary amides is 1. The Hall–Kier alpha value is -1.30. The summed E-state index contributed by atoms with van der Waals surface area (Å²) < 4.78 is 36.9. The van der Waals surface area contributed by atoms with E-state index >= 15 is 0 Å². The highest BCUT2D eigenvalue weighted by Crippen LogP contribution is 2.33. The molecule has 0 atom stereocenters. The summed E-state index contributed by atoms with van der Waals surface area (Å²) in [4.78, 5) is 14.0. The van der Waals surface area contributed by atoms with E-state index in [-0.39, 0.29) is 0 Å². The zero-order valence-corrected chi connectivity index (χ0v) is 7.36. The summed E-state index contributed by atoms with van der Waals surface area (Å²) >= 11 is 5.32. The first-order valence-corrected chi connectivity index (χ1v) is 3.73. The Morgan fingerprint density at radius 1 is 1.50 bits per heavy atom. The summed E-state index contributed by atoms with van der Waals surface area (Å²) in [5.74, 6) is -1.25. The maximum atomic E-state index is 12.3. The van der Waals surface area contributed by atoms with Crippen LogP contribution in [0.4, 0.5) is 13.2 Å². The number of aromatic nitrogens is 1. The van der Waals surface area contributed by atoms with Crippen molar-refractivity contribution in [1.29, 1.82) is 0 Å². The third kappa shape index (κ3) is 1.95. The van der Waals surface area contributed by atoms with Crippen molar-refractivity contribution in [3.8, 4) is 0 Å². The van der Waals surface area contributed by atoms with Gasteiger partial charge in [-0.3, -0.25) is 4.79 Å². The number of nitrogens with zero attached hydrogens (tertiary/aromatic N) is 1. The van der Waals surface area contributed by atoms with Crippen molar-refractivity contribution in [3.05, 3.63) is 28.5 Å². The molecule has 0 saturated carbocycles. The highest BCUT2D eigenvalue weighted by Gasteiger charge is 2.36. The van der Waals surface area contributed by atoms with Gasteiger partial charge in [-0.05, 0) is 6.07 Å². The SMILES string of the molecule is NC(=O)c1c(C(F)(F)F)ccnc1Cl. The summed E-state index contributed by atoms with van der Waals surface area (Å²) in [7, 11) is 0. The molecule has 76 valence electrons. The third-order valence-electron chi connectivity index (χ3n) is 1.46. The summed E-state index contributed by atoms with van der Waals surface area (Å²) in [6, 6.07) is 0.645. The van der Waals surface area contributed by atoms with Gasteiger partial charge >= 0.3 is 6.18 Å². The predicted octanol–water partition coefficient (Wildman–Crippen LogP) is 1.85. The second kappa shape index (κ2) is 3.45. The lowest BCUT2D eigenvalue weighted by molar-refractivity contribution is -0.138. The van der Waals surface area contributed by atoms with Crippen molar-refractivity contribution in [1.82, 2.24) is 4.98 Å². The van der Waals surface area contributed by atoms with Crippen molar-refractivity contribution in [2.24, 2.45) is 5.73 Å². The Kier molecular flexibility index (Phi) is 2.66. The van der Waals surface area contributed by atoms with Crippen molar-refractivity contribution in [3.63, 3.8) is 0 Å². The second-order valence-electron chi connectivity index (χ2n) is 2.39. The van der Waals surface area contributed by atoms with Gasteiger partial charge in [0.2, 0.25) is 0 Å². The summed E-state index contributed by atoms with van der Waals surface area (Å²) in [6.07, 6.45) is -3.81. The quantitative estimate of drug-likeness (QED) is 0.740. The Morgan fingerprint density at radius 3 is 2.43 bits per heavy atom. The lowest BCUT2D eigenvalue weighted by Gasteiger charge is -2.10. The molecule has 3 nitrogen and oxygen atoms in total. The van der Waals surface area contributed by atoms with E-state index in [1.165, 1.54) is 0 Å². The molecule has 0 bridgehead atoms. The van der Waals surface area contributed by atoms with Crippen LogP contribution in [0.25, 0.3) is 0 Å². The molecule has 0 unspecified atom stereocenters. The van der Waals surface area contributed by atoms with Gasteiger partial charge in [0.15, 0.2) is 0 Å². The van der Waals surface area contributed by atoms with Crippen LogP contribution < -0.4 is 5.73 Å². The average Bonchev–Trinajstić information content (AvgIpc) is 2.01. The largest absolute Gasteiger partial charge is 0.417 e. The van der Waals surface area contributed by atoms with Crippen molar-refractivity contribution < 1.29 is 18.0 Å². The monoisotopic (exact) mass is 224 g/mol. The third-order valence-corrected chi connectivity index (χ3v) is 1.74. The Labute approximate surface area is 81.7 Å². The number of halogens is 4. The molecule has 0 aliphatic carbocycles. The molecule has 1 aromatic heterocycles. The molecule has 0 saturated heterocycles. The first-order chi connectivity index (χ1) is 6.34. The van der Waals surface area contributed by atoms with Crippen LogP contribution in [0.5, 0.6) is 0 Å². The van der Waals surface area contributed by atoms with Crippen LogP contribution in [0.3, 0.4) is 0 Å². The normalized spacial score (nSPS) is 11.4. The maximum absolute atomic E-state index is 12.3. The molecule has 0 spiro atoms. The first-order valence-electron chi connectivity index (χ1n) is 3.35. The predicted molar refractivity (Wildman–Crippen MR) is 42.8 cm³/mol. The van der Waals surface area contributed by atoms with E-state index in [4.69, 9.17) is 17.3 Å². The van der Waals surface area contributed by atoms with Crippen LogP contribution in [-0.2, 0) is 6.18 Å². The smallest absolute Gasteiger partial charge is 0.365 e. The average molecular weight is 225 g/mol. The molecule has 1 rings (SSSR count). The number of pyridine rings is 1. The van der Waals surface area contributed by atoms with E-state index < -0.39 is 28.4 Å². The van der Waals surface area contributed by atoms with Crippen LogP contribution in [0.1, 0.15) is 15.9 Å². The summed E-state index contributed by atoms with van der Waals surface area (Å²) in [5.41, 5.74) is 2.77. The van der Waals surface area contributed by atoms with Crippen LogP contribution in [-0.4, -0.2) is 10.9 Å². The minimum atomic E-state index is -4.67. The number of hydrogen-bond donors (Lipinski definition) is 1. The number of carbonyl (C=O) groups excluding carboxylic acids is 1. The Bertz CT molecular complexity index is 378. The van der Waals surface area contributed by atoms with E-state index in [1.54, 1.807) is 0 Å². The lowest BCUT2D eigenvalue weighted by Crippen LogP contribution is -2.19. The standard InChI is InChI=1S/C7H4ClF3N2O/c8-5-4(6(12)14)3(1-2-13-5)7(9,10)11/h1-2H,(H2,12,14). The van der Waals surface area contributed by atoms with Crippen LogP contribution in [0, 0.1) is 0 Å². The zero-order valence-electron chi connectivity index (χ0n) is 6.60. The molecular weight excluding hydrogens is 221 g/mol. The minimum Gasteiger partial charge on any atom is -0.365 e. The van der Waals surface area contributed by atoms with Crippen LogP contribution >= 0.6 is 11.6 Å². The van der Waals surface area contributed by atoms with Crippen molar-refractivity contribution in [2.45, 2.75) is 6.18 Å². The van der Waals surface area contributed by atoms with Crippen molar-refractivity contribution >= 4 is 17.5 Å². The van der Waals surface area contributed by atoms with Gasteiger partial charge in [-0.1, -0.05) is 11.6 Å². The van der Waals surface area contributed by atoms with Gasteiger partial charge in [0.05, 0.1) is 11.1 Å². The molecule has 7 heteroatoms. The fourth-order valence-corrected chi connectivity index (χ4v) is 1.16. The highest BCUT2D eigenvalue weighted by atomic mass is 35.5. The minimum absolute atomic E-state index is 0.549. The molecule has 1 heterocycles.